The van der Waals surface area contributed by atoms with Crippen molar-refractivity contribution in [1.29, 1.82) is 0 Å². The van der Waals surface area contributed by atoms with Gasteiger partial charge in [0.2, 0.25) is 5.91 Å². The third-order valence-corrected chi connectivity index (χ3v) is 6.39. The normalized spacial score (nSPS) is 17.8. The number of hydrogen-bond acceptors (Lipinski definition) is 3. The van der Waals surface area contributed by atoms with Crippen LogP contribution in [0.4, 0.5) is 14.9 Å². The van der Waals surface area contributed by atoms with Crippen LogP contribution in [0.5, 0.6) is 0 Å². The van der Waals surface area contributed by atoms with Crippen molar-refractivity contribution < 1.29 is 14.0 Å². The minimum atomic E-state index is -0.336. The zero-order valence-corrected chi connectivity index (χ0v) is 17.9. The van der Waals surface area contributed by atoms with E-state index in [1.807, 2.05) is 17.0 Å². The van der Waals surface area contributed by atoms with Gasteiger partial charge in [0.25, 0.3) is 0 Å². The lowest BCUT2D eigenvalue weighted by Gasteiger charge is -2.53. The summed E-state index contributed by atoms with van der Waals surface area (Å²) in [6.45, 7) is 4.31. The van der Waals surface area contributed by atoms with E-state index in [9.17, 15) is 14.0 Å². The second kappa shape index (κ2) is 9.06. The molecule has 2 fully saturated rings. The largest absolute Gasteiger partial charge is 0.341 e. The molecule has 2 aliphatic rings. The molecule has 4 rings (SSSR count). The van der Waals surface area contributed by atoms with E-state index < -0.39 is 0 Å². The Morgan fingerprint density at radius 3 is 2.23 bits per heavy atom. The van der Waals surface area contributed by atoms with Crippen LogP contribution in [0.15, 0.2) is 48.5 Å². The molecule has 2 aromatic rings. The van der Waals surface area contributed by atoms with Gasteiger partial charge in [-0.3, -0.25) is 4.79 Å². The minimum Gasteiger partial charge on any atom is -0.341 e. The van der Waals surface area contributed by atoms with Crippen LogP contribution < -0.4 is 10.6 Å². The van der Waals surface area contributed by atoms with Crippen LogP contribution in [0.3, 0.4) is 0 Å². The highest BCUT2D eigenvalue weighted by Gasteiger charge is 2.45. The predicted octanol–water partition coefficient (Wildman–Crippen LogP) is 3.24. The van der Waals surface area contributed by atoms with Gasteiger partial charge in [0.1, 0.15) is 5.82 Å². The van der Waals surface area contributed by atoms with Crippen LogP contribution in [0, 0.1) is 11.2 Å². The fourth-order valence-electron chi connectivity index (χ4n) is 4.30. The number of anilines is 1. The topological polar surface area (TPSA) is 64.7 Å². The van der Waals surface area contributed by atoms with Gasteiger partial charge in [-0.2, -0.15) is 0 Å². The molecule has 2 heterocycles. The average molecular weight is 425 g/mol. The Morgan fingerprint density at radius 1 is 0.968 bits per heavy atom. The summed E-state index contributed by atoms with van der Waals surface area (Å²) in [6.07, 6.45) is 2.74. The second-order valence-electron chi connectivity index (χ2n) is 8.86. The number of carbonyl (C=O) groups is 2. The van der Waals surface area contributed by atoms with Crippen LogP contribution >= 0.6 is 0 Å². The molecule has 0 aliphatic carbocycles. The number of carbonyl (C=O) groups excluding carboxylic acids is 2. The molecule has 2 saturated heterocycles. The molecule has 0 bridgehead atoms. The molecule has 2 N–H and O–H groups in total. The van der Waals surface area contributed by atoms with E-state index in [1.54, 1.807) is 24.3 Å². The van der Waals surface area contributed by atoms with Gasteiger partial charge in [-0.15, -0.1) is 0 Å². The van der Waals surface area contributed by atoms with Gasteiger partial charge in [0.05, 0.1) is 6.42 Å². The van der Waals surface area contributed by atoms with Gasteiger partial charge in [0, 0.05) is 30.7 Å². The number of nitrogens with zero attached hydrogens (tertiary/aromatic N) is 2. The lowest BCUT2D eigenvalue weighted by molar-refractivity contribution is -0.145. The lowest BCUT2D eigenvalue weighted by Crippen LogP contribution is -2.61. The maximum Gasteiger partial charge on any atom is 0.319 e. The van der Waals surface area contributed by atoms with Crippen molar-refractivity contribution in [3.8, 4) is 0 Å². The smallest absolute Gasteiger partial charge is 0.319 e. The molecular formula is C24H29FN4O2. The molecule has 0 unspecified atom stereocenters. The van der Waals surface area contributed by atoms with Crippen molar-refractivity contribution in [2.24, 2.45) is 5.41 Å². The fraction of sp³-hybridized carbons (Fsp3) is 0.417. The number of urea groups is 1. The molecule has 6 nitrogen and oxygen atoms in total. The van der Waals surface area contributed by atoms with E-state index in [-0.39, 0.29) is 17.8 Å². The Bertz CT molecular complexity index is 914. The number of amides is 3. The van der Waals surface area contributed by atoms with Crippen molar-refractivity contribution in [2.75, 3.05) is 38.5 Å². The summed E-state index contributed by atoms with van der Waals surface area (Å²) in [5.74, 6) is -0.135. The summed E-state index contributed by atoms with van der Waals surface area (Å²) < 4.78 is 12.9. The summed E-state index contributed by atoms with van der Waals surface area (Å²) in [5.41, 5.74) is 2.75. The van der Waals surface area contributed by atoms with E-state index in [2.05, 4.69) is 22.6 Å². The zero-order valence-electron chi connectivity index (χ0n) is 17.9. The number of piperidine rings is 1. The van der Waals surface area contributed by atoms with Gasteiger partial charge in [-0.1, -0.05) is 24.3 Å². The summed E-state index contributed by atoms with van der Waals surface area (Å²) in [4.78, 5) is 29.0. The van der Waals surface area contributed by atoms with Gasteiger partial charge in [-0.05, 0) is 68.4 Å². The Balaban J connectivity index is 1.20. The quantitative estimate of drug-likeness (QED) is 0.775. The van der Waals surface area contributed by atoms with Crippen LogP contribution in [0.2, 0.25) is 0 Å². The molecule has 7 heteroatoms. The van der Waals surface area contributed by atoms with Crippen molar-refractivity contribution in [3.63, 3.8) is 0 Å². The molecule has 0 radical (unpaired) electrons. The highest BCUT2D eigenvalue weighted by Crippen LogP contribution is 2.40. The van der Waals surface area contributed by atoms with Crippen LogP contribution in [-0.2, 0) is 17.8 Å². The van der Waals surface area contributed by atoms with Crippen molar-refractivity contribution in [1.82, 2.24) is 15.1 Å². The van der Waals surface area contributed by atoms with E-state index in [0.29, 0.717) is 24.1 Å². The Morgan fingerprint density at radius 2 is 1.58 bits per heavy atom. The number of benzene rings is 2. The molecule has 0 saturated carbocycles. The molecular weight excluding hydrogens is 395 g/mol. The highest BCUT2D eigenvalue weighted by atomic mass is 19.1. The van der Waals surface area contributed by atoms with E-state index in [1.165, 1.54) is 25.0 Å². The number of halogens is 1. The van der Waals surface area contributed by atoms with Gasteiger partial charge < -0.3 is 20.4 Å². The first-order chi connectivity index (χ1) is 14.9. The Labute approximate surface area is 182 Å². The molecule has 0 aromatic heterocycles. The Hall–Kier alpha value is -2.93. The van der Waals surface area contributed by atoms with Crippen molar-refractivity contribution >= 4 is 17.6 Å². The molecule has 31 heavy (non-hydrogen) atoms. The third kappa shape index (κ3) is 5.41. The van der Waals surface area contributed by atoms with Gasteiger partial charge in [0.15, 0.2) is 0 Å². The summed E-state index contributed by atoms with van der Waals surface area (Å²) in [5, 5.41) is 5.51. The molecule has 3 amide bonds. The van der Waals surface area contributed by atoms with Crippen molar-refractivity contribution in [3.05, 3.63) is 65.5 Å². The van der Waals surface area contributed by atoms with E-state index in [0.717, 1.165) is 37.3 Å². The van der Waals surface area contributed by atoms with Gasteiger partial charge in [-0.25, -0.2) is 9.18 Å². The SMILES string of the molecule is CN1CCC2(CC1)CN(C(=O)Cc1ccc(NC(=O)NCc3ccc(F)cc3)cc1)C2. The predicted molar refractivity (Wildman–Crippen MR) is 118 cm³/mol. The number of rotatable bonds is 5. The lowest BCUT2D eigenvalue weighted by atomic mass is 9.72. The van der Waals surface area contributed by atoms with Gasteiger partial charge >= 0.3 is 6.03 Å². The monoisotopic (exact) mass is 424 g/mol. The van der Waals surface area contributed by atoms with Crippen LogP contribution in [-0.4, -0.2) is 55.0 Å². The maximum atomic E-state index is 12.9. The third-order valence-electron chi connectivity index (χ3n) is 6.39. The molecule has 2 aliphatic heterocycles. The summed E-state index contributed by atoms with van der Waals surface area (Å²) in [6, 6.07) is 13.0. The standard InChI is InChI=1S/C24H29FN4O2/c1-28-12-10-24(11-13-28)16-29(17-24)22(30)14-18-4-8-21(9-5-18)27-23(31)26-15-19-2-6-20(25)7-3-19/h2-9H,10-17H2,1H3,(H2,26,27,31). The first-order valence-corrected chi connectivity index (χ1v) is 10.8. The Kier molecular flexibility index (Phi) is 6.23. The first-order valence-electron chi connectivity index (χ1n) is 10.8. The van der Waals surface area contributed by atoms with E-state index in [4.69, 9.17) is 0 Å². The summed E-state index contributed by atoms with van der Waals surface area (Å²) in [7, 11) is 2.15. The molecule has 164 valence electrons. The summed E-state index contributed by atoms with van der Waals surface area (Å²) >= 11 is 0. The van der Waals surface area contributed by atoms with Crippen LogP contribution in [0.25, 0.3) is 0 Å². The fourth-order valence-corrected chi connectivity index (χ4v) is 4.30. The van der Waals surface area contributed by atoms with Crippen LogP contribution in [0.1, 0.15) is 24.0 Å². The molecule has 1 spiro atoms. The molecule has 2 aromatic carbocycles. The first kappa shape index (κ1) is 21.3. The average Bonchev–Trinajstić information content (AvgIpc) is 2.74. The highest BCUT2D eigenvalue weighted by molar-refractivity contribution is 5.89. The zero-order chi connectivity index (χ0) is 21.8. The minimum absolute atomic E-state index is 0.169. The van der Waals surface area contributed by atoms with E-state index >= 15 is 0 Å². The number of nitrogens with one attached hydrogen (secondary N) is 2. The van der Waals surface area contributed by atoms with Crippen molar-refractivity contribution in [2.45, 2.75) is 25.8 Å². The number of likely N-dealkylation sites (tertiary alicyclic amines) is 2. The second-order valence-corrected chi connectivity index (χ2v) is 8.86. The molecule has 0 atom stereocenters. The maximum absolute atomic E-state index is 12.9. The number of hydrogen-bond donors (Lipinski definition) is 2.